The van der Waals surface area contributed by atoms with E-state index in [-0.39, 0.29) is 48.0 Å². The van der Waals surface area contributed by atoms with Gasteiger partial charge in [-0.05, 0) is 57.3 Å². The van der Waals surface area contributed by atoms with Gasteiger partial charge >= 0.3 is 12.7 Å². The van der Waals surface area contributed by atoms with Crippen LogP contribution in [0.1, 0.15) is 75.5 Å². The van der Waals surface area contributed by atoms with E-state index in [2.05, 4.69) is 25.0 Å². The maximum Gasteiger partial charge on any atom is 0.522 e. The zero-order chi connectivity index (χ0) is 23.6. The third-order valence-corrected chi connectivity index (χ3v) is 7.35. The molecule has 1 aromatic heterocycles. The van der Waals surface area contributed by atoms with Gasteiger partial charge in [0.1, 0.15) is 0 Å². The molecule has 0 atom stereocenters. The Kier molecular flexibility index (Phi) is 5.24. The number of ether oxygens (including phenoxy) is 2. The molecule has 0 radical (unpaired) electrons. The Morgan fingerprint density at radius 1 is 0.970 bits per heavy atom. The molecule has 2 bridgehead atoms. The molecule has 13 heteroatoms. The zero-order valence-corrected chi connectivity index (χ0v) is 17.5. The van der Waals surface area contributed by atoms with Gasteiger partial charge in [0, 0.05) is 17.9 Å². The number of halogens is 6. The van der Waals surface area contributed by atoms with E-state index in [9.17, 15) is 31.1 Å². The van der Waals surface area contributed by atoms with E-state index in [1.54, 1.807) is 0 Å². The molecule has 6 rings (SSSR count). The van der Waals surface area contributed by atoms with E-state index in [0.29, 0.717) is 50.3 Å². The first kappa shape index (κ1) is 22.9. The lowest BCUT2D eigenvalue weighted by atomic mass is 9.39. The Labute approximate surface area is 184 Å². The Morgan fingerprint density at radius 2 is 1.55 bits per heavy atom. The van der Waals surface area contributed by atoms with E-state index < -0.39 is 24.9 Å². The lowest BCUT2D eigenvalue weighted by Crippen LogP contribution is -2.76. The Bertz CT molecular complexity index is 885. The van der Waals surface area contributed by atoms with E-state index in [0.717, 1.165) is 0 Å². The van der Waals surface area contributed by atoms with Crippen molar-refractivity contribution in [2.45, 2.75) is 99.6 Å². The van der Waals surface area contributed by atoms with Crippen molar-refractivity contribution in [2.24, 2.45) is 5.92 Å². The molecule has 5 aliphatic rings. The van der Waals surface area contributed by atoms with E-state index in [4.69, 9.17) is 4.42 Å². The van der Waals surface area contributed by atoms with Crippen molar-refractivity contribution in [3.05, 3.63) is 11.8 Å². The Hall–Kier alpha value is -1.89. The molecule has 0 unspecified atom stereocenters. The first-order chi connectivity index (χ1) is 15.3. The van der Waals surface area contributed by atoms with Crippen LogP contribution in [0.5, 0.6) is 0 Å². The van der Waals surface area contributed by atoms with Crippen LogP contribution in [-0.2, 0) is 19.7 Å². The zero-order valence-electron chi connectivity index (χ0n) is 17.5. The highest BCUT2D eigenvalue weighted by atomic mass is 19.4. The first-order valence-electron chi connectivity index (χ1n) is 11.0. The van der Waals surface area contributed by atoms with Gasteiger partial charge in [0.25, 0.3) is 0 Å². The topological polar surface area (TPSA) is 86.5 Å². The smallest absolute Gasteiger partial charge is 0.424 e. The van der Waals surface area contributed by atoms with Crippen molar-refractivity contribution in [3.63, 3.8) is 0 Å². The summed E-state index contributed by atoms with van der Waals surface area (Å²) >= 11 is 0. The third kappa shape index (κ3) is 4.71. The maximum absolute atomic E-state index is 12.3. The van der Waals surface area contributed by atoms with Gasteiger partial charge in [-0.2, -0.15) is 0 Å². The van der Waals surface area contributed by atoms with Gasteiger partial charge in [-0.25, -0.2) is 0 Å². The van der Waals surface area contributed by atoms with Gasteiger partial charge in [-0.1, -0.05) is 0 Å². The second-order valence-electron chi connectivity index (χ2n) is 10.0. The molecule has 0 saturated heterocycles. The van der Waals surface area contributed by atoms with Crippen molar-refractivity contribution in [1.29, 1.82) is 0 Å². The number of rotatable bonds is 8. The van der Waals surface area contributed by atoms with Gasteiger partial charge < -0.3 is 9.73 Å². The van der Waals surface area contributed by atoms with Crippen LogP contribution in [0.15, 0.2) is 4.42 Å². The fourth-order valence-corrected chi connectivity index (χ4v) is 5.70. The van der Waals surface area contributed by atoms with Crippen molar-refractivity contribution < 1.29 is 45.0 Å². The van der Waals surface area contributed by atoms with E-state index >= 15 is 0 Å². The normalized spacial score (nSPS) is 37.4. The minimum atomic E-state index is -4.65. The van der Waals surface area contributed by atoms with Crippen LogP contribution in [-0.4, -0.2) is 46.6 Å². The second kappa shape index (κ2) is 7.56. The van der Waals surface area contributed by atoms with Gasteiger partial charge in [-0.15, -0.1) is 36.5 Å². The standard InChI is InChI=1S/C20H23F6N3O4/c21-19(22,23)32-12-3-10(4-12)1-2-14(30)27-18-7-17(8-18,9-18)16-29-28-15(31-16)11-5-13(6-11)33-20(24,25)26/h10-13H,1-9H2,(H,27,30). The summed E-state index contributed by atoms with van der Waals surface area (Å²) < 4.78 is 86.8. The summed E-state index contributed by atoms with van der Waals surface area (Å²) in [7, 11) is 0. The summed E-state index contributed by atoms with van der Waals surface area (Å²) in [5.41, 5.74) is -0.602. The predicted octanol–water partition coefficient (Wildman–Crippen LogP) is 4.24. The van der Waals surface area contributed by atoms with Crippen LogP contribution < -0.4 is 5.32 Å². The number of alkyl halides is 6. The molecule has 1 heterocycles. The van der Waals surface area contributed by atoms with Crippen molar-refractivity contribution >= 4 is 5.91 Å². The molecule has 0 aromatic carbocycles. The van der Waals surface area contributed by atoms with E-state index in [1.807, 2.05) is 0 Å². The summed E-state index contributed by atoms with van der Waals surface area (Å²) in [6.45, 7) is 0. The van der Waals surface area contributed by atoms with Crippen LogP contribution >= 0.6 is 0 Å². The van der Waals surface area contributed by atoms with Gasteiger partial charge in [0.05, 0.1) is 17.6 Å². The fourth-order valence-electron chi connectivity index (χ4n) is 5.70. The molecule has 33 heavy (non-hydrogen) atoms. The quantitative estimate of drug-likeness (QED) is 0.557. The molecule has 5 fully saturated rings. The molecule has 184 valence electrons. The highest BCUT2D eigenvalue weighted by Gasteiger charge is 2.71. The predicted molar refractivity (Wildman–Crippen MR) is 96.5 cm³/mol. The number of hydrogen-bond donors (Lipinski definition) is 1. The van der Waals surface area contributed by atoms with Crippen molar-refractivity contribution in [3.8, 4) is 0 Å². The minimum Gasteiger partial charge on any atom is -0.424 e. The van der Waals surface area contributed by atoms with E-state index in [1.165, 1.54) is 0 Å². The summed E-state index contributed by atoms with van der Waals surface area (Å²) in [5.74, 6) is 0.473. The molecular formula is C20H23F6N3O4. The molecule has 0 aliphatic heterocycles. The largest absolute Gasteiger partial charge is 0.522 e. The number of carbonyl (C=O) groups is 1. The molecule has 5 aliphatic carbocycles. The van der Waals surface area contributed by atoms with Crippen molar-refractivity contribution in [1.82, 2.24) is 15.5 Å². The lowest BCUT2D eigenvalue weighted by Gasteiger charge is -2.68. The average molecular weight is 483 g/mol. The molecule has 1 aromatic rings. The van der Waals surface area contributed by atoms with Crippen LogP contribution in [0.2, 0.25) is 0 Å². The Balaban J connectivity index is 1.01. The molecule has 1 amide bonds. The summed E-state index contributed by atoms with van der Waals surface area (Å²) in [6.07, 6.45) is -7.24. The number of aromatic nitrogens is 2. The fraction of sp³-hybridized carbons (Fsp3) is 0.850. The molecular weight excluding hydrogens is 460 g/mol. The van der Waals surface area contributed by atoms with Crippen LogP contribution in [0.3, 0.4) is 0 Å². The van der Waals surface area contributed by atoms with Gasteiger partial charge in [-0.3, -0.25) is 14.3 Å². The first-order valence-corrected chi connectivity index (χ1v) is 11.0. The van der Waals surface area contributed by atoms with Gasteiger partial charge in [0.2, 0.25) is 17.7 Å². The summed E-state index contributed by atoms with van der Waals surface area (Å²) in [6, 6.07) is 0. The minimum absolute atomic E-state index is 0.0620. The van der Waals surface area contributed by atoms with Crippen LogP contribution in [0.4, 0.5) is 26.3 Å². The monoisotopic (exact) mass is 483 g/mol. The number of amides is 1. The summed E-state index contributed by atoms with van der Waals surface area (Å²) in [5, 5.41) is 11.1. The van der Waals surface area contributed by atoms with Crippen LogP contribution in [0.25, 0.3) is 0 Å². The number of nitrogens with zero attached hydrogens (tertiary/aromatic N) is 2. The molecule has 5 saturated carbocycles. The summed E-state index contributed by atoms with van der Waals surface area (Å²) in [4.78, 5) is 12.3. The molecule has 0 spiro atoms. The van der Waals surface area contributed by atoms with Crippen LogP contribution in [0, 0.1) is 5.92 Å². The number of carbonyl (C=O) groups excluding carboxylic acids is 1. The Morgan fingerprint density at radius 3 is 2.12 bits per heavy atom. The highest BCUT2D eigenvalue weighted by Crippen LogP contribution is 2.67. The number of hydrogen-bond acceptors (Lipinski definition) is 6. The van der Waals surface area contributed by atoms with Crippen molar-refractivity contribution in [2.75, 3.05) is 0 Å². The second-order valence-corrected chi connectivity index (χ2v) is 10.0. The average Bonchev–Trinajstić information content (AvgIpc) is 3.01. The SMILES string of the molecule is O=C(CCC1CC(OC(F)(F)F)C1)NC12CC(c3nnc(C4CC(OC(F)(F)F)C4)o3)(C1)C2. The van der Waals surface area contributed by atoms with Gasteiger partial charge in [0.15, 0.2) is 0 Å². The number of nitrogens with one attached hydrogen (secondary N) is 1. The lowest BCUT2D eigenvalue weighted by molar-refractivity contribution is -0.354. The highest BCUT2D eigenvalue weighted by molar-refractivity contribution is 5.77. The third-order valence-electron chi connectivity index (χ3n) is 7.35. The maximum atomic E-state index is 12.3. The molecule has 1 N–H and O–H groups in total. The molecule has 7 nitrogen and oxygen atoms in total.